The zero-order valence-electron chi connectivity index (χ0n) is 17.3. The van der Waals surface area contributed by atoms with E-state index >= 15 is 0 Å². The summed E-state index contributed by atoms with van der Waals surface area (Å²) in [5.74, 6) is 0.0798. The average Bonchev–Trinajstić information content (AvgIpc) is 3.51. The zero-order chi connectivity index (χ0) is 20.7. The van der Waals surface area contributed by atoms with E-state index in [1.54, 1.807) is 6.20 Å². The maximum atomic E-state index is 13.2. The van der Waals surface area contributed by atoms with Crippen molar-refractivity contribution in [2.75, 3.05) is 6.61 Å². The van der Waals surface area contributed by atoms with E-state index in [0.717, 1.165) is 48.9 Å². The van der Waals surface area contributed by atoms with Gasteiger partial charge in [0.05, 0.1) is 17.8 Å². The molecule has 154 valence electrons. The Kier molecular flexibility index (Phi) is 4.70. The molecule has 2 aromatic carbocycles. The van der Waals surface area contributed by atoms with E-state index < -0.39 is 0 Å². The highest BCUT2D eigenvalue weighted by Gasteiger charge is 2.45. The summed E-state index contributed by atoms with van der Waals surface area (Å²) in [6.07, 6.45) is 8.46. The lowest BCUT2D eigenvalue weighted by molar-refractivity contribution is 0.0275. The number of carbonyl (C=O) groups is 1. The predicted octanol–water partition coefficient (Wildman–Crippen LogP) is 4.03. The molecule has 1 amide bonds. The number of nitrogens with zero attached hydrogens (tertiary/aromatic N) is 3. The second-order valence-corrected chi connectivity index (χ2v) is 8.71. The number of hydrogen-bond acceptors (Lipinski definition) is 3. The van der Waals surface area contributed by atoms with E-state index in [1.165, 1.54) is 16.7 Å². The molecule has 0 saturated heterocycles. The molecule has 0 unspecified atom stereocenters. The van der Waals surface area contributed by atoms with E-state index in [9.17, 15) is 9.90 Å². The van der Waals surface area contributed by atoms with Gasteiger partial charge >= 0.3 is 0 Å². The van der Waals surface area contributed by atoms with Gasteiger partial charge in [-0.3, -0.25) is 4.79 Å². The minimum Gasteiger partial charge on any atom is -0.394 e. The number of aryl methyl sites for hydroxylation is 1. The predicted molar refractivity (Wildman–Crippen MR) is 116 cm³/mol. The van der Waals surface area contributed by atoms with Gasteiger partial charge in [-0.15, -0.1) is 0 Å². The third-order valence-electron chi connectivity index (χ3n) is 6.87. The van der Waals surface area contributed by atoms with Crippen LogP contribution in [0.25, 0.3) is 5.69 Å². The van der Waals surface area contributed by atoms with Crippen molar-refractivity contribution < 1.29 is 9.90 Å². The van der Waals surface area contributed by atoms with Gasteiger partial charge < -0.3 is 10.0 Å². The standard InChI is InChI=1S/C25H27N3O2/c1-18-13-21-16-27(25(17-29)9-2-3-10-25)24(30)23(21)15-20(18)14-19-5-7-22(8-6-19)28-12-4-11-26-28/h4-8,11-13,15,29H,2-3,9-10,14,16-17H2,1H3. The third kappa shape index (κ3) is 3.14. The lowest BCUT2D eigenvalue weighted by Crippen LogP contribution is -2.49. The van der Waals surface area contributed by atoms with Gasteiger partial charge in [0, 0.05) is 24.5 Å². The first-order valence-electron chi connectivity index (χ1n) is 10.7. The fourth-order valence-electron chi connectivity index (χ4n) is 5.06. The van der Waals surface area contributed by atoms with Gasteiger partial charge in [0.1, 0.15) is 0 Å². The molecule has 1 aliphatic heterocycles. The van der Waals surface area contributed by atoms with Crippen molar-refractivity contribution in [3.8, 4) is 5.69 Å². The number of fused-ring (bicyclic) bond motifs is 1. The highest BCUT2D eigenvalue weighted by atomic mass is 16.3. The Labute approximate surface area is 177 Å². The summed E-state index contributed by atoms with van der Waals surface area (Å²) in [6, 6.07) is 14.5. The van der Waals surface area contributed by atoms with E-state index in [-0.39, 0.29) is 18.1 Å². The largest absolute Gasteiger partial charge is 0.394 e. The number of aromatic nitrogens is 2. The van der Waals surface area contributed by atoms with Crippen molar-refractivity contribution in [1.82, 2.24) is 14.7 Å². The zero-order valence-corrected chi connectivity index (χ0v) is 17.3. The lowest BCUT2D eigenvalue weighted by atomic mass is 9.95. The molecular formula is C25H27N3O2. The Morgan fingerprint density at radius 2 is 1.90 bits per heavy atom. The van der Waals surface area contributed by atoms with Crippen LogP contribution in [0.4, 0.5) is 0 Å². The molecule has 0 atom stereocenters. The monoisotopic (exact) mass is 401 g/mol. The topological polar surface area (TPSA) is 58.4 Å². The van der Waals surface area contributed by atoms with Gasteiger partial charge in [-0.1, -0.05) is 31.0 Å². The molecule has 0 bridgehead atoms. The van der Waals surface area contributed by atoms with E-state index in [2.05, 4.69) is 48.4 Å². The van der Waals surface area contributed by atoms with Gasteiger partial charge in [-0.25, -0.2) is 4.68 Å². The summed E-state index contributed by atoms with van der Waals surface area (Å²) < 4.78 is 1.84. The number of amides is 1. The molecule has 3 aromatic rings. The van der Waals surface area contributed by atoms with Crippen LogP contribution in [0.3, 0.4) is 0 Å². The molecular weight excluding hydrogens is 374 g/mol. The molecule has 1 fully saturated rings. The quantitative estimate of drug-likeness (QED) is 0.702. The van der Waals surface area contributed by atoms with Crippen molar-refractivity contribution in [3.05, 3.63) is 82.7 Å². The number of hydrogen-bond donors (Lipinski definition) is 1. The van der Waals surface area contributed by atoms with E-state index in [4.69, 9.17) is 0 Å². The van der Waals surface area contributed by atoms with Crippen LogP contribution < -0.4 is 0 Å². The van der Waals surface area contributed by atoms with Crippen molar-refractivity contribution >= 4 is 5.91 Å². The first-order valence-corrected chi connectivity index (χ1v) is 10.7. The molecule has 2 aliphatic rings. The van der Waals surface area contributed by atoms with Crippen molar-refractivity contribution in [2.24, 2.45) is 0 Å². The highest BCUT2D eigenvalue weighted by Crippen LogP contribution is 2.40. The Morgan fingerprint density at radius 1 is 1.13 bits per heavy atom. The summed E-state index contributed by atoms with van der Waals surface area (Å²) in [7, 11) is 0. The fraction of sp³-hybridized carbons (Fsp3) is 0.360. The van der Waals surface area contributed by atoms with Gasteiger partial charge in [0.25, 0.3) is 5.91 Å². The number of aliphatic hydroxyl groups is 1. The van der Waals surface area contributed by atoms with Crippen LogP contribution in [0.5, 0.6) is 0 Å². The normalized spacial score (nSPS) is 17.5. The van der Waals surface area contributed by atoms with Crippen LogP contribution in [-0.2, 0) is 13.0 Å². The average molecular weight is 402 g/mol. The van der Waals surface area contributed by atoms with Crippen LogP contribution in [0.2, 0.25) is 0 Å². The summed E-state index contributed by atoms with van der Waals surface area (Å²) >= 11 is 0. The first kappa shape index (κ1) is 19.1. The second kappa shape index (κ2) is 7.40. The molecule has 0 spiro atoms. The van der Waals surface area contributed by atoms with Gasteiger partial charge in [-0.2, -0.15) is 5.10 Å². The molecule has 1 aliphatic carbocycles. The third-order valence-corrected chi connectivity index (χ3v) is 6.87. The number of benzene rings is 2. The molecule has 1 saturated carbocycles. The summed E-state index contributed by atoms with van der Waals surface area (Å²) in [4.78, 5) is 15.2. The molecule has 2 heterocycles. The van der Waals surface area contributed by atoms with Crippen molar-refractivity contribution in [3.63, 3.8) is 0 Å². The Balaban J connectivity index is 1.39. The maximum absolute atomic E-state index is 13.2. The number of rotatable bonds is 5. The minimum absolute atomic E-state index is 0.0567. The Bertz CT molecular complexity index is 1060. The van der Waals surface area contributed by atoms with Crippen molar-refractivity contribution in [1.29, 1.82) is 0 Å². The van der Waals surface area contributed by atoms with Gasteiger partial charge in [0.2, 0.25) is 0 Å². The van der Waals surface area contributed by atoms with Gasteiger partial charge in [-0.05, 0) is 72.7 Å². The highest BCUT2D eigenvalue weighted by molar-refractivity contribution is 5.99. The SMILES string of the molecule is Cc1cc2c(cc1Cc1ccc(-n3cccn3)cc1)C(=O)N(C1(CO)CCCC1)C2. The molecule has 1 N–H and O–H groups in total. The van der Waals surface area contributed by atoms with Crippen LogP contribution in [-0.4, -0.2) is 37.8 Å². The minimum atomic E-state index is -0.369. The van der Waals surface area contributed by atoms with Crippen LogP contribution in [0, 0.1) is 6.92 Å². The molecule has 5 rings (SSSR count). The van der Waals surface area contributed by atoms with E-state index in [0.29, 0.717) is 6.54 Å². The van der Waals surface area contributed by atoms with Gasteiger partial charge in [0.15, 0.2) is 0 Å². The Hall–Kier alpha value is -2.92. The van der Waals surface area contributed by atoms with Crippen LogP contribution >= 0.6 is 0 Å². The molecule has 5 nitrogen and oxygen atoms in total. The number of carbonyl (C=O) groups excluding carboxylic acids is 1. The second-order valence-electron chi connectivity index (χ2n) is 8.71. The van der Waals surface area contributed by atoms with E-state index in [1.807, 2.05) is 21.8 Å². The molecule has 0 radical (unpaired) electrons. The first-order chi connectivity index (χ1) is 14.6. The summed E-state index contributed by atoms with van der Waals surface area (Å²) in [5.41, 5.74) is 6.17. The lowest BCUT2D eigenvalue weighted by Gasteiger charge is -2.37. The maximum Gasteiger partial charge on any atom is 0.255 e. The molecule has 5 heteroatoms. The van der Waals surface area contributed by atoms with Crippen LogP contribution in [0.1, 0.15) is 58.3 Å². The Morgan fingerprint density at radius 3 is 2.57 bits per heavy atom. The smallest absolute Gasteiger partial charge is 0.255 e. The molecule has 30 heavy (non-hydrogen) atoms. The molecule has 1 aromatic heterocycles. The number of aliphatic hydroxyl groups excluding tert-OH is 1. The fourth-order valence-corrected chi connectivity index (χ4v) is 5.06. The summed E-state index contributed by atoms with van der Waals surface area (Å²) in [6.45, 7) is 2.80. The van der Waals surface area contributed by atoms with Crippen molar-refractivity contribution in [2.45, 2.75) is 51.1 Å². The summed E-state index contributed by atoms with van der Waals surface area (Å²) in [5, 5.41) is 14.3. The van der Waals surface area contributed by atoms with Crippen LogP contribution in [0.15, 0.2) is 54.9 Å².